The van der Waals surface area contributed by atoms with Crippen LogP contribution in [0.25, 0.3) is 11.1 Å². The first kappa shape index (κ1) is 24.4. The molecular formula is C41H31BN2. The van der Waals surface area contributed by atoms with E-state index in [0.717, 1.165) is 0 Å². The maximum atomic E-state index is 2.62. The van der Waals surface area contributed by atoms with Crippen LogP contribution in [0.2, 0.25) is 0 Å². The van der Waals surface area contributed by atoms with Crippen LogP contribution in [0, 0.1) is 0 Å². The Morgan fingerprint density at radius 3 is 1.73 bits per heavy atom. The molecule has 3 heteroatoms. The number of rotatable bonds is 2. The van der Waals surface area contributed by atoms with Crippen LogP contribution in [0.5, 0.6) is 0 Å². The molecule has 2 nitrogen and oxygen atoms in total. The number of fused-ring (bicyclic) bond motifs is 10. The van der Waals surface area contributed by atoms with E-state index in [1.807, 2.05) is 0 Å². The molecule has 6 aromatic rings. The topological polar surface area (TPSA) is 6.48 Å². The van der Waals surface area contributed by atoms with Crippen LogP contribution in [0.1, 0.15) is 36.8 Å². The van der Waals surface area contributed by atoms with Gasteiger partial charge in [-0.2, -0.15) is 0 Å². The predicted octanol–water partition coefficient (Wildman–Crippen LogP) is 8.61. The van der Waals surface area contributed by atoms with E-state index in [1.54, 1.807) is 5.56 Å². The molecule has 1 fully saturated rings. The number of benzene rings is 6. The summed E-state index contributed by atoms with van der Waals surface area (Å²) in [4.78, 5) is 5.15. The van der Waals surface area contributed by atoms with Crippen LogP contribution in [-0.4, -0.2) is 6.71 Å². The summed E-state index contributed by atoms with van der Waals surface area (Å²) >= 11 is 0. The normalized spacial score (nSPS) is 16.3. The van der Waals surface area contributed by atoms with E-state index in [-0.39, 0.29) is 12.1 Å². The Hall–Kier alpha value is -5.02. The summed E-state index contributed by atoms with van der Waals surface area (Å²) in [5.41, 5.74) is 17.8. The lowest BCUT2D eigenvalue weighted by molar-refractivity contribution is 0.551. The van der Waals surface area contributed by atoms with Crippen molar-refractivity contribution in [1.82, 2.24) is 0 Å². The fraction of sp³-hybridized carbons (Fsp3) is 0.122. The molecule has 0 radical (unpaired) electrons. The number of para-hydroxylation sites is 4. The molecule has 2 heterocycles. The van der Waals surface area contributed by atoms with Gasteiger partial charge in [-0.25, -0.2) is 0 Å². The first-order chi connectivity index (χ1) is 21.9. The molecule has 44 heavy (non-hydrogen) atoms. The van der Waals surface area contributed by atoms with Crippen molar-refractivity contribution >= 4 is 57.2 Å². The Bertz CT molecular complexity index is 2080. The molecule has 0 amide bonds. The zero-order chi connectivity index (χ0) is 28.8. The molecule has 4 aliphatic rings. The quantitative estimate of drug-likeness (QED) is 0.195. The van der Waals surface area contributed by atoms with Gasteiger partial charge in [0.1, 0.15) is 0 Å². The van der Waals surface area contributed by atoms with Gasteiger partial charge in [0.2, 0.25) is 0 Å². The van der Waals surface area contributed by atoms with E-state index in [2.05, 4.69) is 149 Å². The molecule has 0 unspecified atom stereocenters. The van der Waals surface area contributed by atoms with E-state index in [1.165, 1.54) is 92.9 Å². The van der Waals surface area contributed by atoms with Crippen molar-refractivity contribution in [1.29, 1.82) is 0 Å². The third kappa shape index (κ3) is 3.07. The molecule has 1 saturated carbocycles. The second-order valence-corrected chi connectivity index (χ2v) is 12.8. The zero-order valence-corrected chi connectivity index (χ0v) is 24.6. The Balaban J connectivity index is 1.41. The molecule has 208 valence electrons. The molecular weight excluding hydrogens is 531 g/mol. The second-order valence-electron chi connectivity index (χ2n) is 12.8. The van der Waals surface area contributed by atoms with Gasteiger partial charge in [0, 0.05) is 39.5 Å². The van der Waals surface area contributed by atoms with Gasteiger partial charge in [0.15, 0.2) is 0 Å². The van der Waals surface area contributed by atoms with E-state index < -0.39 is 0 Å². The van der Waals surface area contributed by atoms with Crippen molar-refractivity contribution in [3.8, 4) is 11.1 Å². The Morgan fingerprint density at radius 2 is 1.05 bits per heavy atom. The van der Waals surface area contributed by atoms with Crippen molar-refractivity contribution in [2.45, 2.75) is 31.1 Å². The van der Waals surface area contributed by atoms with Gasteiger partial charge in [-0.05, 0) is 93.9 Å². The van der Waals surface area contributed by atoms with E-state index >= 15 is 0 Å². The van der Waals surface area contributed by atoms with Crippen LogP contribution in [0.4, 0.5) is 34.1 Å². The van der Waals surface area contributed by atoms with Gasteiger partial charge in [-0.1, -0.05) is 110 Å². The highest BCUT2D eigenvalue weighted by Gasteiger charge is 2.52. The smallest absolute Gasteiger partial charge is 0.252 e. The third-order valence-electron chi connectivity index (χ3n) is 10.7. The van der Waals surface area contributed by atoms with Crippen LogP contribution >= 0.6 is 0 Å². The van der Waals surface area contributed by atoms with Crippen LogP contribution in [-0.2, 0) is 5.41 Å². The van der Waals surface area contributed by atoms with Crippen molar-refractivity contribution < 1.29 is 0 Å². The highest BCUT2D eigenvalue weighted by atomic mass is 15.2. The maximum Gasteiger partial charge on any atom is 0.252 e. The minimum Gasteiger partial charge on any atom is -0.311 e. The molecule has 2 aliphatic heterocycles. The van der Waals surface area contributed by atoms with Crippen molar-refractivity contribution in [3.63, 3.8) is 0 Å². The lowest BCUT2D eigenvalue weighted by atomic mass is 9.33. The van der Waals surface area contributed by atoms with Gasteiger partial charge in [0.05, 0.1) is 0 Å². The molecule has 0 aromatic heterocycles. The molecule has 0 bridgehead atoms. The second kappa shape index (κ2) is 9.00. The largest absolute Gasteiger partial charge is 0.311 e. The monoisotopic (exact) mass is 562 g/mol. The summed E-state index contributed by atoms with van der Waals surface area (Å²) < 4.78 is 0. The summed E-state index contributed by atoms with van der Waals surface area (Å²) in [5, 5.41) is 0. The molecule has 0 atom stereocenters. The summed E-state index contributed by atoms with van der Waals surface area (Å²) in [7, 11) is 0. The molecule has 6 aromatic carbocycles. The van der Waals surface area contributed by atoms with E-state index in [4.69, 9.17) is 0 Å². The zero-order valence-electron chi connectivity index (χ0n) is 24.6. The maximum absolute atomic E-state index is 2.62. The molecule has 2 aliphatic carbocycles. The fourth-order valence-electron chi connectivity index (χ4n) is 9.14. The predicted molar refractivity (Wildman–Crippen MR) is 185 cm³/mol. The lowest BCUT2D eigenvalue weighted by Crippen LogP contribution is -2.61. The average molecular weight is 563 g/mol. The number of anilines is 6. The summed E-state index contributed by atoms with van der Waals surface area (Å²) in [5.74, 6) is 0. The standard InChI is InChI=1S/C41H31BN2/c1-3-15-28(16-4-1)43-35-23-11-9-21-33(35)42-34-22-10-12-24-36(34)44(29-17-5-2-6-18-29)40-38-31(27-37(43)39(40)42)30-19-7-8-20-32(30)41(38)25-13-14-26-41/h1-12,15-24,27H,13-14,25-26H2. The van der Waals surface area contributed by atoms with Crippen molar-refractivity contribution in [3.05, 3.63) is 151 Å². The highest BCUT2D eigenvalue weighted by Crippen LogP contribution is 2.62. The van der Waals surface area contributed by atoms with Gasteiger partial charge >= 0.3 is 0 Å². The SMILES string of the molecule is c1ccc(N2c3ccccc3B3c4ccccc4N(c4ccccc4)c4c3c2cc2c4C3(CCCC3)c3ccccc3-2)cc1. The lowest BCUT2D eigenvalue weighted by Gasteiger charge is -2.46. The van der Waals surface area contributed by atoms with Gasteiger partial charge in [0.25, 0.3) is 6.71 Å². The third-order valence-corrected chi connectivity index (χ3v) is 10.7. The highest BCUT2D eigenvalue weighted by molar-refractivity contribution is 7.00. The summed E-state index contributed by atoms with van der Waals surface area (Å²) in [6.45, 7) is 0.153. The number of hydrogen-bond acceptors (Lipinski definition) is 2. The van der Waals surface area contributed by atoms with Crippen LogP contribution in [0.15, 0.2) is 140 Å². The molecule has 0 saturated heterocycles. The number of nitrogens with zero attached hydrogens (tertiary/aromatic N) is 2. The van der Waals surface area contributed by atoms with Gasteiger partial charge < -0.3 is 9.80 Å². The van der Waals surface area contributed by atoms with Gasteiger partial charge in [-0.3, -0.25) is 0 Å². The minimum atomic E-state index is 0.0364. The van der Waals surface area contributed by atoms with Gasteiger partial charge in [-0.15, -0.1) is 0 Å². The first-order valence-electron chi connectivity index (χ1n) is 16.0. The van der Waals surface area contributed by atoms with Crippen LogP contribution < -0.4 is 26.2 Å². The molecule has 0 N–H and O–H groups in total. The van der Waals surface area contributed by atoms with E-state index in [0.29, 0.717) is 0 Å². The number of hydrogen-bond donors (Lipinski definition) is 0. The first-order valence-corrected chi connectivity index (χ1v) is 16.0. The van der Waals surface area contributed by atoms with E-state index in [9.17, 15) is 0 Å². The van der Waals surface area contributed by atoms with Crippen molar-refractivity contribution in [2.24, 2.45) is 0 Å². The Morgan fingerprint density at radius 1 is 0.500 bits per heavy atom. The van der Waals surface area contributed by atoms with Crippen LogP contribution in [0.3, 0.4) is 0 Å². The summed E-state index contributed by atoms with van der Waals surface area (Å²) in [6, 6.07) is 52.2. The Labute approximate surface area is 259 Å². The fourth-order valence-corrected chi connectivity index (χ4v) is 9.14. The average Bonchev–Trinajstić information content (AvgIpc) is 3.69. The molecule has 1 spiro atoms. The summed E-state index contributed by atoms with van der Waals surface area (Å²) in [6.07, 6.45) is 4.96. The minimum absolute atomic E-state index is 0.0364. The molecule has 10 rings (SSSR count). The van der Waals surface area contributed by atoms with Crippen molar-refractivity contribution in [2.75, 3.05) is 9.80 Å². The Kier molecular flexibility index (Phi) is 5.00.